The number of hydrogen-bond acceptors (Lipinski definition) is 1. The van der Waals surface area contributed by atoms with Crippen molar-refractivity contribution in [1.29, 1.82) is 0 Å². The first-order valence-corrected chi connectivity index (χ1v) is 3.76. The number of H-pyrrole nitrogens is 2. The highest BCUT2D eigenvalue weighted by Crippen LogP contribution is 2.03. The SMILES string of the molecule is C(=C/c1cc[nH]n1)/c1cc[nH]c1. The molecule has 12 heavy (non-hydrogen) atoms. The molecule has 0 aromatic carbocycles. The highest BCUT2D eigenvalue weighted by atomic mass is 15.1. The summed E-state index contributed by atoms with van der Waals surface area (Å²) in [5, 5.41) is 6.74. The minimum atomic E-state index is 0.941. The molecule has 0 radical (unpaired) electrons. The van der Waals surface area contributed by atoms with Gasteiger partial charge in [-0.3, -0.25) is 5.10 Å². The number of rotatable bonds is 2. The van der Waals surface area contributed by atoms with Gasteiger partial charge >= 0.3 is 0 Å². The van der Waals surface area contributed by atoms with Crippen LogP contribution in [0.2, 0.25) is 0 Å². The van der Waals surface area contributed by atoms with Crippen LogP contribution in [-0.4, -0.2) is 15.2 Å². The topological polar surface area (TPSA) is 44.5 Å². The van der Waals surface area contributed by atoms with Crippen molar-refractivity contribution in [3.05, 3.63) is 42.0 Å². The van der Waals surface area contributed by atoms with E-state index in [9.17, 15) is 0 Å². The molecule has 3 nitrogen and oxygen atoms in total. The normalized spacial score (nSPS) is 11.0. The van der Waals surface area contributed by atoms with Crippen LogP contribution >= 0.6 is 0 Å². The van der Waals surface area contributed by atoms with Gasteiger partial charge < -0.3 is 4.98 Å². The summed E-state index contributed by atoms with van der Waals surface area (Å²) in [5.41, 5.74) is 2.09. The Morgan fingerprint density at radius 1 is 1.17 bits per heavy atom. The Hall–Kier alpha value is -1.77. The van der Waals surface area contributed by atoms with Crippen LogP contribution in [0, 0.1) is 0 Å². The zero-order chi connectivity index (χ0) is 8.23. The van der Waals surface area contributed by atoms with Crippen molar-refractivity contribution < 1.29 is 0 Å². The average molecular weight is 159 g/mol. The van der Waals surface area contributed by atoms with E-state index in [0.717, 1.165) is 11.3 Å². The Balaban J connectivity index is 2.14. The van der Waals surface area contributed by atoms with Gasteiger partial charge in [0.25, 0.3) is 0 Å². The van der Waals surface area contributed by atoms with Crippen LogP contribution in [-0.2, 0) is 0 Å². The van der Waals surface area contributed by atoms with E-state index in [1.54, 1.807) is 6.20 Å². The second-order valence-electron chi connectivity index (χ2n) is 2.48. The standard InChI is InChI=1S/C9H9N3/c1(8-3-5-10-7-8)2-9-4-6-11-12-9/h1-7,10H,(H,11,12)/b2-1-. The van der Waals surface area contributed by atoms with Crippen molar-refractivity contribution >= 4 is 12.2 Å². The van der Waals surface area contributed by atoms with E-state index in [4.69, 9.17) is 0 Å². The quantitative estimate of drug-likeness (QED) is 0.690. The van der Waals surface area contributed by atoms with Crippen molar-refractivity contribution in [3.8, 4) is 0 Å². The molecule has 2 heterocycles. The lowest BCUT2D eigenvalue weighted by atomic mass is 10.3. The monoisotopic (exact) mass is 159 g/mol. The molecule has 0 aliphatic rings. The van der Waals surface area contributed by atoms with Gasteiger partial charge in [0.05, 0.1) is 5.69 Å². The largest absolute Gasteiger partial charge is 0.367 e. The number of nitrogens with one attached hydrogen (secondary N) is 2. The Labute approximate surface area is 70.1 Å². The Morgan fingerprint density at radius 2 is 2.17 bits per heavy atom. The molecule has 0 aliphatic carbocycles. The van der Waals surface area contributed by atoms with Gasteiger partial charge in [0.15, 0.2) is 0 Å². The molecule has 2 aromatic heterocycles. The van der Waals surface area contributed by atoms with Crippen LogP contribution in [0.1, 0.15) is 11.3 Å². The first-order chi connectivity index (χ1) is 5.95. The van der Waals surface area contributed by atoms with Gasteiger partial charge in [-0.1, -0.05) is 6.08 Å². The fourth-order valence-corrected chi connectivity index (χ4v) is 0.987. The van der Waals surface area contributed by atoms with E-state index in [0.29, 0.717) is 0 Å². The maximum absolute atomic E-state index is 3.99. The smallest absolute Gasteiger partial charge is 0.0848 e. The maximum atomic E-state index is 3.99. The van der Waals surface area contributed by atoms with Gasteiger partial charge in [0, 0.05) is 18.6 Å². The summed E-state index contributed by atoms with van der Waals surface area (Å²) in [5.74, 6) is 0. The Bertz CT molecular complexity index is 307. The van der Waals surface area contributed by atoms with Crippen LogP contribution in [0.5, 0.6) is 0 Å². The number of hydrogen-bond donors (Lipinski definition) is 2. The van der Waals surface area contributed by atoms with Crippen LogP contribution in [0.15, 0.2) is 30.7 Å². The number of aromatic amines is 2. The molecule has 0 spiro atoms. The summed E-state index contributed by atoms with van der Waals surface area (Å²) in [7, 11) is 0. The van der Waals surface area contributed by atoms with Crippen molar-refractivity contribution in [2.45, 2.75) is 0 Å². The first kappa shape index (κ1) is 6.91. The zero-order valence-corrected chi connectivity index (χ0v) is 6.49. The Kier molecular flexibility index (Phi) is 1.78. The fraction of sp³-hybridized carbons (Fsp3) is 0. The van der Waals surface area contributed by atoms with E-state index in [-0.39, 0.29) is 0 Å². The predicted molar refractivity (Wildman–Crippen MR) is 48.3 cm³/mol. The molecule has 0 unspecified atom stereocenters. The molecule has 3 heteroatoms. The van der Waals surface area contributed by atoms with Crippen molar-refractivity contribution in [2.75, 3.05) is 0 Å². The fourth-order valence-electron chi connectivity index (χ4n) is 0.987. The highest BCUT2D eigenvalue weighted by Gasteiger charge is 1.87. The first-order valence-electron chi connectivity index (χ1n) is 3.76. The molecule has 0 aliphatic heterocycles. The molecule has 0 atom stereocenters. The minimum Gasteiger partial charge on any atom is -0.367 e. The summed E-state index contributed by atoms with van der Waals surface area (Å²) in [4.78, 5) is 2.98. The molecule has 2 rings (SSSR count). The van der Waals surface area contributed by atoms with Gasteiger partial charge in [0.1, 0.15) is 0 Å². The molecule has 60 valence electrons. The molecule has 0 fully saturated rings. The van der Waals surface area contributed by atoms with E-state index in [1.165, 1.54) is 0 Å². The molecular weight excluding hydrogens is 150 g/mol. The third-order valence-corrected chi connectivity index (χ3v) is 1.59. The summed E-state index contributed by atoms with van der Waals surface area (Å²) in [6, 6.07) is 3.92. The average Bonchev–Trinajstić information content (AvgIpc) is 2.74. The molecule has 2 aromatic rings. The van der Waals surface area contributed by atoms with E-state index < -0.39 is 0 Å². The summed E-state index contributed by atoms with van der Waals surface area (Å²) in [6.07, 6.45) is 9.59. The van der Waals surface area contributed by atoms with E-state index in [2.05, 4.69) is 15.2 Å². The predicted octanol–water partition coefficient (Wildman–Crippen LogP) is 1.91. The molecule has 2 N–H and O–H groups in total. The summed E-state index contributed by atoms with van der Waals surface area (Å²) >= 11 is 0. The van der Waals surface area contributed by atoms with Crippen molar-refractivity contribution in [1.82, 2.24) is 15.2 Å². The van der Waals surface area contributed by atoms with Gasteiger partial charge in [-0.05, 0) is 23.8 Å². The van der Waals surface area contributed by atoms with Crippen LogP contribution in [0.3, 0.4) is 0 Å². The molecule has 0 amide bonds. The molecular formula is C9H9N3. The lowest BCUT2D eigenvalue weighted by Crippen LogP contribution is -1.69. The second-order valence-corrected chi connectivity index (χ2v) is 2.48. The maximum Gasteiger partial charge on any atom is 0.0848 e. The van der Waals surface area contributed by atoms with Crippen LogP contribution in [0.25, 0.3) is 12.2 Å². The molecule has 0 saturated carbocycles. The zero-order valence-electron chi connectivity index (χ0n) is 6.49. The minimum absolute atomic E-state index is 0.941. The lowest BCUT2D eigenvalue weighted by molar-refractivity contribution is 1.08. The van der Waals surface area contributed by atoms with Gasteiger partial charge in [-0.15, -0.1) is 0 Å². The highest BCUT2D eigenvalue weighted by molar-refractivity contribution is 5.67. The third kappa shape index (κ3) is 1.45. The Morgan fingerprint density at radius 3 is 2.83 bits per heavy atom. The van der Waals surface area contributed by atoms with Crippen LogP contribution < -0.4 is 0 Å². The second kappa shape index (κ2) is 3.09. The number of nitrogens with zero attached hydrogens (tertiary/aromatic N) is 1. The summed E-state index contributed by atoms with van der Waals surface area (Å²) in [6.45, 7) is 0. The van der Waals surface area contributed by atoms with Crippen molar-refractivity contribution in [2.24, 2.45) is 0 Å². The van der Waals surface area contributed by atoms with E-state index >= 15 is 0 Å². The van der Waals surface area contributed by atoms with Gasteiger partial charge in [-0.25, -0.2) is 0 Å². The van der Waals surface area contributed by atoms with Gasteiger partial charge in [-0.2, -0.15) is 5.10 Å². The lowest BCUT2D eigenvalue weighted by Gasteiger charge is -1.81. The van der Waals surface area contributed by atoms with E-state index in [1.807, 2.05) is 36.7 Å². The van der Waals surface area contributed by atoms with Crippen molar-refractivity contribution in [3.63, 3.8) is 0 Å². The van der Waals surface area contributed by atoms with Gasteiger partial charge in [0.2, 0.25) is 0 Å². The summed E-state index contributed by atoms with van der Waals surface area (Å²) < 4.78 is 0. The number of aromatic nitrogens is 3. The van der Waals surface area contributed by atoms with Crippen LogP contribution in [0.4, 0.5) is 0 Å². The molecule has 0 saturated heterocycles. The third-order valence-electron chi connectivity index (χ3n) is 1.59. The molecule has 0 bridgehead atoms.